The van der Waals surface area contributed by atoms with E-state index in [2.05, 4.69) is 42.3 Å². The first-order valence-electron chi connectivity index (χ1n) is 14.5. The molecule has 0 aliphatic carbocycles. The molecule has 0 saturated carbocycles. The second-order valence-electron chi connectivity index (χ2n) is 10.7. The second-order valence-corrected chi connectivity index (χ2v) is 11.8. The minimum atomic E-state index is -0.0497. The van der Waals surface area contributed by atoms with Crippen molar-refractivity contribution in [3.63, 3.8) is 0 Å². The summed E-state index contributed by atoms with van der Waals surface area (Å²) in [5.74, 6) is -0.0564. The molecule has 1 atom stereocenters. The predicted molar refractivity (Wildman–Crippen MR) is 166 cm³/mol. The monoisotopic (exact) mass is 553 g/mol. The maximum Gasteiger partial charge on any atom is 0.265 e. The Bertz CT molecular complexity index is 1370. The van der Waals surface area contributed by atoms with Crippen LogP contribution in [0.5, 0.6) is 0 Å². The summed E-state index contributed by atoms with van der Waals surface area (Å²) in [4.78, 5) is 32.6. The molecule has 3 aromatic carbocycles. The molecular weight excluding hydrogens is 514 g/mol. The zero-order valence-corrected chi connectivity index (χ0v) is 24.4. The lowest BCUT2D eigenvalue weighted by Gasteiger charge is -2.35. The molecule has 6 heteroatoms. The Kier molecular flexibility index (Phi) is 9.40. The first-order valence-corrected chi connectivity index (χ1v) is 15.3. The van der Waals surface area contributed by atoms with E-state index in [4.69, 9.17) is 0 Å². The summed E-state index contributed by atoms with van der Waals surface area (Å²) in [6.07, 6.45) is 8.02. The Morgan fingerprint density at radius 2 is 1.80 bits per heavy atom. The average molecular weight is 554 g/mol. The van der Waals surface area contributed by atoms with Crippen LogP contribution in [0.3, 0.4) is 0 Å². The number of nitrogens with one attached hydrogen (secondary N) is 1. The number of rotatable bonds is 9. The maximum atomic E-state index is 13.7. The molecule has 0 aromatic heterocycles. The number of nitrogens with zero attached hydrogens (tertiary/aromatic N) is 2. The summed E-state index contributed by atoms with van der Waals surface area (Å²) in [5, 5.41) is 3.08. The molecule has 5 rings (SSSR count). The first-order chi connectivity index (χ1) is 19.5. The Morgan fingerprint density at radius 1 is 1.02 bits per heavy atom. The molecule has 208 valence electrons. The van der Waals surface area contributed by atoms with E-state index in [1.54, 1.807) is 0 Å². The molecule has 2 aliphatic rings. The van der Waals surface area contributed by atoms with Crippen molar-refractivity contribution >= 4 is 35.3 Å². The summed E-state index contributed by atoms with van der Waals surface area (Å²) in [7, 11) is 0. The van der Waals surface area contributed by atoms with E-state index >= 15 is 0 Å². The number of benzene rings is 3. The molecule has 0 radical (unpaired) electrons. The minimum absolute atomic E-state index is 0.00668. The van der Waals surface area contributed by atoms with E-state index in [-0.39, 0.29) is 11.8 Å². The highest BCUT2D eigenvalue weighted by Crippen LogP contribution is 2.42. The van der Waals surface area contributed by atoms with Crippen molar-refractivity contribution in [2.45, 2.75) is 63.4 Å². The van der Waals surface area contributed by atoms with Crippen LogP contribution < -0.4 is 10.2 Å². The fraction of sp³-hybridized carbons (Fsp3) is 0.353. The van der Waals surface area contributed by atoms with Gasteiger partial charge in [0.05, 0.1) is 17.1 Å². The van der Waals surface area contributed by atoms with Crippen molar-refractivity contribution in [1.82, 2.24) is 10.2 Å². The van der Waals surface area contributed by atoms with E-state index in [1.807, 2.05) is 65.6 Å². The number of thioether (sulfide) groups is 1. The molecule has 3 aromatic rings. The molecule has 1 N–H and O–H groups in total. The number of fused-ring (bicyclic) bond motifs is 1. The number of carbonyl (C=O) groups is 2. The molecule has 0 bridgehead atoms. The van der Waals surface area contributed by atoms with Crippen LogP contribution in [0.4, 0.5) is 5.69 Å². The number of likely N-dealkylation sites (tertiary alicyclic amines) is 1. The molecular formula is C34H39N3O2S. The molecule has 1 fully saturated rings. The van der Waals surface area contributed by atoms with Crippen molar-refractivity contribution in [1.29, 1.82) is 0 Å². The number of carbonyl (C=O) groups excluding carboxylic acids is 2. The number of anilines is 1. The number of hydrogen-bond acceptors (Lipinski definition) is 4. The van der Waals surface area contributed by atoms with Crippen LogP contribution in [0, 0.1) is 6.92 Å². The summed E-state index contributed by atoms with van der Waals surface area (Å²) in [6.45, 7) is 7.78. The lowest BCUT2D eigenvalue weighted by atomic mass is 10.00. The average Bonchev–Trinajstić information content (AvgIpc) is 2.99. The van der Waals surface area contributed by atoms with E-state index in [0.717, 1.165) is 34.7 Å². The normalized spacial score (nSPS) is 18.6. The SMILES string of the molecule is CC[C@H]1CCCCN1CCCNC(=O)c1ccc(/C=C2/Sc3ccccc3N(Cc3ccccc3C)C2=O)cc1. The Morgan fingerprint density at radius 3 is 2.60 bits per heavy atom. The van der Waals surface area contributed by atoms with Gasteiger partial charge in [-0.05, 0) is 86.2 Å². The zero-order valence-electron chi connectivity index (χ0n) is 23.6. The second kappa shape index (κ2) is 13.3. The third-order valence-electron chi connectivity index (χ3n) is 8.02. The molecule has 2 aliphatic heterocycles. The van der Waals surface area contributed by atoms with Gasteiger partial charge in [-0.15, -0.1) is 0 Å². The molecule has 2 amide bonds. The summed E-state index contributed by atoms with van der Waals surface area (Å²) in [6, 6.07) is 24.5. The molecule has 2 heterocycles. The van der Waals surface area contributed by atoms with Gasteiger partial charge < -0.3 is 15.1 Å². The molecule has 40 heavy (non-hydrogen) atoms. The van der Waals surface area contributed by atoms with Crippen LogP contribution in [0.25, 0.3) is 6.08 Å². The Labute approximate surface area is 242 Å². The topological polar surface area (TPSA) is 52.7 Å². The summed E-state index contributed by atoms with van der Waals surface area (Å²) < 4.78 is 0. The van der Waals surface area contributed by atoms with E-state index in [0.29, 0.717) is 29.6 Å². The quantitative estimate of drug-likeness (QED) is 0.228. The largest absolute Gasteiger partial charge is 0.352 e. The van der Waals surface area contributed by atoms with Crippen LogP contribution in [0.15, 0.2) is 82.6 Å². The number of piperidine rings is 1. The fourth-order valence-electron chi connectivity index (χ4n) is 5.66. The highest BCUT2D eigenvalue weighted by molar-refractivity contribution is 8.04. The van der Waals surface area contributed by atoms with Crippen molar-refractivity contribution in [2.75, 3.05) is 24.5 Å². The van der Waals surface area contributed by atoms with Crippen LogP contribution >= 0.6 is 11.8 Å². The third kappa shape index (κ3) is 6.68. The van der Waals surface area contributed by atoms with Crippen LogP contribution in [-0.4, -0.2) is 42.4 Å². The summed E-state index contributed by atoms with van der Waals surface area (Å²) >= 11 is 1.50. The first kappa shape index (κ1) is 28.2. The van der Waals surface area contributed by atoms with Crippen molar-refractivity contribution in [3.05, 3.63) is 100.0 Å². The van der Waals surface area contributed by atoms with Crippen molar-refractivity contribution in [3.8, 4) is 0 Å². The lowest BCUT2D eigenvalue weighted by molar-refractivity contribution is -0.114. The van der Waals surface area contributed by atoms with Gasteiger partial charge in [0.25, 0.3) is 11.8 Å². The van der Waals surface area contributed by atoms with Gasteiger partial charge in [0.2, 0.25) is 0 Å². The van der Waals surface area contributed by atoms with Gasteiger partial charge in [0, 0.05) is 29.6 Å². The molecule has 0 spiro atoms. The van der Waals surface area contributed by atoms with Crippen molar-refractivity contribution < 1.29 is 9.59 Å². The lowest BCUT2D eigenvalue weighted by Crippen LogP contribution is -2.40. The Hall–Kier alpha value is -3.35. The van der Waals surface area contributed by atoms with Gasteiger partial charge in [0.15, 0.2) is 0 Å². The minimum Gasteiger partial charge on any atom is -0.352 e. The highest BCUT2D eigenvalue weighted by Gasteiger charge is 2.29. The van der Waals surface area contributed by atoms with Gasteiger partial charge in [0.1, 0.15) is 0 Å². The standard InChI is InChI=1S/C34H39N3O2S/c1-3-29-13-8-9-21-36(29)22-10-20-35-33(38)27-18-16-26(17-19-27)23-32-34(39)37(24-28-12-5-4-11-25(28)2)30-14-6-7-15-31(30)40-32/h4-7,11-12,14-19,23,29H,3,8-10,13,20-22,24H2,1-2H3,(H,35,38)/b32-23+/t29-/m0/s1. The Balaban J connectivity index is 1.22. The fourth-order valence-corrected chi connectivity index (χ4v) is 6.72. The number of amides is 2. The molecule has 5 nitrogen and oxygen atoms in total. The van der Waals surface area contributed by atoms with Gasteiger partial charge >= 0.3 is 0 Å². The predicted octanol–water partition coefficient (Wildman–Crippen LogP) is 7.06. The maximum absolute atomic E-state index is 13.7. The number of para-hydroxylation sites is 1. The zero-order chi connectivity index (χ0) is 27.9. The molecule has 0 unspecified atom stereocenters. The number of aryl methyl sites for hydroxylation is 1. The van der Waals surface area contributed by atoms with Crippen LogP contribution in [-0.2, 0) is 11.3 Å². The highest BCUT2D eigenvalue weighted by atomic mass is 32.2. The van der Waals surface area contributed by atoms with Crippen LogP contribution in [0.2, 0.25) is 0 Å². The van der Waals surface area contributed by atoms with Crippen LogP contribution in [0.1, 0.15) is 66.1 Å². The van der Waals surface area contributed by atoms with Gasteiger partial charge in [-0.25, -0.2) is 0 Å². The van der Waals surface area contributed by atoms with E-state index < -0.39 is 0 Å². The number of hydrogen-bond donors (Lipinski definition) is 1. The van der Waals surface area contributed by atoms with Crippen molar-refractivity contribution in [2.24, 2.45) is 0 Å². The smallest absolute Gasteiger partial charge is 0.265 e. The van der Waals surface area contributed by atoms with Gasteiger partial charge in [-0.1, -0.05) is 73.6 Å². The van der Waals surface area contributed by atoms with Gasteiger partial charge in [-0.2, -0.15) is 0 Å². The molecule has 1 saturated heterocycles. The van der Waals surface area contributed by atoms with E-state index in [1.165, 1.54) is 49.6 Å². The van der Waals surface area contributed by atoms with E-state index in [9.17, 15) is 9.59 Å². The summed E-state index contributed by atoms with van der Waals surface area (Å²) in [5.41, 5.74) is 4.78. The van der Waals surface area contributed by atoms with Gasteiger partial charge in [-0.3, -0.25) is 9.59 Å². The third-order valence-corrected chi connectivity index (χ3v) is 9.10.